The molecule has 2 heterocycles. The van der Waals surface area contributed by atoms with E-state index in [-0.39, 0.29) is 12.1 Å². The predicted octanol–water partition coefficient (Wildman–Crippen LogP) is 3.19. The number of aryl methyl sites for hydroxylation is 1. The first kappa shape index (κ1) is 14.5. The molecule has 2 aromatic rings. The van der Waals surface area contributed by atoms with Gasteiger partial charge >= 0.3 is 6.03 Å². The number of amides is 2. The van der Waals surface area contributed by atoms with Gasteiger partial charge < -0.3 is 4.90 Å². The van der Waals surface area contributed by atoms with Crippen LogP contribution in [0.3, 0.4) is 0 Å². The number of hydrogen-bond acceptors (Lipinski definition) is 3. The van der Waals surface area contributed by atoms with E-state index in [1.54, 1.807) is 18.3 Å². The predicted molar refractivity (Wildman–Crippen MR) is 85.8 cm³/mol. The van der Waals surface area contributed by atoms with E-state index < -0.39 is 0 Å². The lowest BCUT2D eigenvalue weighted by molar-refractivity contribution is 0.209. The van der Waals surface area contributed by atoms with Crippen molar-refractivity contribution in [1.82, 2.24) is 15.1 Å². The van der Waals surface area contributed by atoms with Crippen LogP contribution < -0.4 is 5.32 Å². The molecule has 22 heavy (non-hydrogen) atoms. The summed E-state index contributed by atoms with van der Waals surface area (Å²) in [5.41, 5.74) is 2.55. The van der Waals surface area contributed by atoms with Gasteiger partial charge in [-0.3, -0.25) is 5.32 Å². The summed E-state index contributed by atoms with van der Waals surface area (Å²) in [6.45, 7) is 4.91. The van der Waals surface area contributed by atoms with Crippen molar-refractivity contribution in [2.45, 2.75) is 32.2 Å². The molecule has 1 saturated heterocycles. The average molecular weight is 296 g/mol. The third kappa shape index (κ3) is 3.08. The Bertz CT molecular complexity index is 641. The standard InChI is InChI=1S/C17H20N4O/c1-12-5-7-14(8-6-12)15-10-13(2)21(11-15)17(22)19-16-4-3-9-18-20-16/h3-9,13,15H,10-11H2,1-2H3,(H,19,20,22)/t13-,15-/m0/s1. The topological polar surface area (TPSA) is 58.1 Å². The Morgan fingerprint density at radius 2 is 2.05 bits per heavy atom. The number of aromatic nitrogens is 2. The van der Waals surface area contributed by atoms with Gasteiger partial charge in [-0.05, 0) is 38.0 Å². The van der Waals surface area contributed by atoms with Crippen molar-refractivity contribution in [1.29, 1.82) is 0 Å². The second-order valence-corrected chi connectivity index (χ2v) is 5.88. The molecular weight excluding hydrogens is 276 g/mol. The molecule has 2 atom stereocenters. The van der Waals surface area contributed by atoms with Crippen LogP contribution in [0.15, 0.2) is 42.6 Å². The summed E-state index contributed by atoms with van der Waals surface area (Å²) < 4.78 is 0. The zero-order chi connectivity index (χ0) is 15.5. The fourth-order valence-electron chi connectivity index (χ4n) is 2.94. The van der Waals surface area contributed by atoms with E-state index in [9.17, 15) is 4.79 Å². The second-order valence-electron chi connectivity index (χ2n) is 5.88. The monoisotopic (exact) mass is 296 g/mol. The zero-order valence-corrected chi connectivity index (χ0v) is 12.9. The molecule has 1 aromatic carbocycles. The molecule has 1 N–H and O–H groups in total. The maximum Gasteiger partial charge on any atom is 0.323 e. The molecule has 0 unspecified atom stereocenters. The molecule has 1 fully saturated rings. The molecule has 1 aliphatic heterocycles. The quantitative estimate of drug-likeness (QED) is 0.926. The molecule has 3 rings (SSSR count). The molecule has 1 aliphatic rings. The van der Waals surface area contributed by atoms with Gasteiger partial charge in [0.25, 0.3) is 0 Å². The van der Waals surface area contributed by atoms with Crippen LogP contribution in [0.4, 0.5) is 10.6 Å². The van der Waals surface area contributed by atoms with Crippen molar-refractivity contribution in [3.63, 3.8) is 0 Å². The summed E-state index contributed by atoms with van der Waals surface area (Å²) in [7, 11) is 0. The zero-order valence-electron chi connectivity index (χ0n) is 12.9. The highest BCUT2D eigenvalue weighted by atomic mass is 16.2. The van der Waals surface area contributed by atoms with Crippen molar-refractivity contribution in [2.75, 3.05) is 11.9 Å². The van der Waals surface area contributed by atoms with Crippen molar-refractivity contribution in [2.24, 2.45) is 0 Å². The van der Waals surface area contributed by atoms with Crippen LogP contribution in [-0.4, -0.2) is 33.7 Å². The number of nitrogens with zero attached hydrogens (tertiary/aromatic N) is 3. The van der Waals surface area contributed by atoms with Gasteiger partial charge in [0, 0.05) is 24.7 Å². The van der Waals surface area contributed by atoms with Crippen LogP contribution in [0.2, 0.25) is 0 Å². The highest BCUT2D eigenvalue weighted by Gasteiger charge is 2.33. The Morgan fingerprint density at radius 1 is 1.27 bits per heavy atom. The number of anilines is 1. The molecule has 5 nitrogen and oxygen atoms in total. The average Bonchev–Trinajstić information content (AvgIpc) is 2.91. The van der Waals surface area contributed by atoms with Crippen molar-refractivity contribution in [3.8, 4) is 0 Å². The van der Waals surface area contributed by atoms with Gasteiger partial charge in [-0.25, -0.2) is 4.79 Å². The number of carbonyl (C=O) groups excluding carboxylic acids is 1. The van der Waals surface area contributed by atoms with E-state index in [1.165, 1.54) is 11.1 Å². The first-order valence-electron chi connectivity index (χ1n) is 7.55. The highest BCUT2D eigenvalue weighted by molar-refractivity contribution is 5.88. The minimum atomic E-state index is -0.109. The number of benzene rings is 1. The minimum absolute atomic E-state index is 0.109. The summed E-state index contributed by atoms with van der Waals surface area (Å²) >= 11 is 0. The van der Waals surface area contributed by atoms with Gasteiger partial charge in [0.2, 0.25) is 0 Å². The van der Waals surface area contributed by atoms with Crippen molar-refractivity contribution >= 4 is 11.8 Å². The van der Waals surface area contributed by atoms with Gasteiger partial charge in [-0.1, -0.05) is 29.8 Å². The van der Waals surface area contributed by atoms with Crippen LogP contribution in [-0.2, 0) is 0 Å². The van der Waals surface area contributed by atoms with E-state index in [1.807, 2.05) is 4.90 Å². The first-order valence-corrected chi connectivity index (χ1v) is 7.55. The third-order valence-electron chi connectivity index (χ3n) is 4.19. The summed E-state index contributed by atoms with van der Waals surface area (Å²) in [5, 5.41) is 10.5. The number of likely N-dealkylation sites (tertiary alicyclic amines) is 1. The summed E-state index contributed by atoms with van der Waals surface area (Å²) in [5.74, 6) is 0.877. The van der Waals surface area contributed by atoms with E-state index in [0.717, 1.165) is 13.0 Å². The Balaban J connectivity index is 1.68. The van der Waals surface area contributed by atoms with Gasteiger partial charge in [-0.15, -0.1) is 5.10 Å². The van der Waals surface area contributed by atoms with Gasteiger partial charge in [0.1, 0.15) is 0 Å². The number of urea groups is 1. The summed E-state index contributed by atoms with van der Waals surface area (Å²) in [6.07, 6.45) is 2.57. The van der Waals surface area contributed by atoms with Gasteiger partial charge in [0.05, 0.1) is 0 Å². The van der Waals surface area contributed by atoms with E-state index >= 15 is 0 Å². The summed E-state index contributed by atoms with van der Waals surface area (Å²) in [6, 6.07) is 12.2. The third-order valence-corrected chi connectivity index (χ3v) is 4.19. The smallest absolute Gasteiger partial charge is 0.321 e. The molecule has 0 radical (unpaired) electrons. The Hall–Kier alpha value is -2.43. The first-order chi connectivity index (χ1) is 10.6. The molecule has 0 saturated carbocycles. The maximum atomic E-state index is 12.4. The van der Waals surface area contributed by atoms with Crippen LogP contribution in [0.5, 0.6) is 0 Å². The van der Waals surface area contributed by atoms with Gasteiger partial charge in [-0.2, -0.15) is 5.10 Å². The van der Waals surface area contributed by atoms with Crippen LogP contribution in [0.1, 0.15) is 30.4 Å². The minimum Gasteiger partial charge on any atom is -0.321 e. The van der Waals surface area contributed by atoms with Crippen molar-refractivity contribution < 1.29 is 4.79 Å². The molecule has 1 aromatic heterocycles. The number of hydrogen-bond donors (Lipinski definition) is 1. The second kappa shape index (κ2) is 6.13. The SMILES string of the molecule is Cc1ccc([C@H]2C[C@H](C)N(C(=O)Nc3cccnn3)C2)cc1. The van der Waals surface area contributed by atoms with Crippen LogP contribution in [0.25, 0.3) is 0 Å². The Morgan fingerprint density at radius 3 is 2.73 bits per heavy atom. The fraction of sp³-hybridized carbons (Fsp3) is 0.353. The van der Waals surface area contributed by atoms with Gasteiger partial charge in [0.15, 0.2) is 5.82 Å². The number of rotatable bonds is 2. The van der Waals surface area contributed by atoms with Crippen LogP contribution in [0, 0.1) is 6.92 Å². The summed E-state index contributed by atoms with van der Waals surface area (Å²) in [4.78, 5) is 14.3. The van der Waals surface area contributed by atoms with Crippen molar-refractivity contribution in [3.05, 3.63) is 53.7 Å². The largest absolute Gasteiger partial charge is 0.323 e. The van der Waals surface area contributed by atoms with Crippen LogP contribution >= 0.6 is 0 Å². The number of nitrogens with one attached hydrogen (secondary N) is 1. The van der Waals surface area contributed by atoms with E-state index in [0.29, 0.717) is 11.7 Å². The van der Waals surface area contributed by atoms with E-state index in [2.05, 4.69) is 53.6 Å². The molecule has 2 amide bonds. The molecular formula is C17H20N4O. The number of carbonyl (C=O) groups is 1. The molecule has 5 heteroatoms. The Labute approximate surface area is 130 Å². The highest BCUT2D eigenvalue weighted by Crippen LogP contribution is 2.32. The normalized spacial score (nSPS) is 20.9. The lowest BCUT2D eigenvalue weighted by atomic mass is 9.96. The molecule has 114 valence electrons. The molecule has 0 aliphatic carbocycles. The lowest BCUT2D eigenvalue weighted by Crippen LogP contribution is -2.37. The van der Waals surface area contributed by atoms with E-state index in [4.69, 9.17) is 0 Å². The Kier molecular flexibility index (Phi) is 4.04. The fourth-order valence-corrected chi connectivity index (χ4v) is 2.94. The molecule has 0 bridgehead atoms. The lowest BCUT2D eigenvalue weighted by Gasteiger charge is -2.21. The molecule has 0 spiro atoms. The maximum absolute atomic E-state index is 12.4.